The van der Waals surface area contributed by atoms with Gasteiger partial charge < -0.3 is 5.32 Å². The van der Waals surface area contributed by atoms with Gasteiger partial charge >= 0.3 is 0 Å². The van der Waals surface area contributed by atoms with Crippen LogP contribution in [0.2, 0.25) is 0 Å². The van der Waals surface area contributed by atoms with Crippen LogP contribution in [0.1, 0.15) is 18.2 Å². The highest BCUT2D eigenvalue weighted by Crippen LogP contribution is 2.24. The first-order chi connectivity index (χ1) is 12.8. The number of hydrogen-bond acceptors (Lipinski definition) is 4. The molecule has 0 atom stereocenters. The highest BCUT2D eigenvalue weighted by atomic mass is 16.2. The lowest BCUT2D eigenvalue weighted by atomic mass is 10.1. The summed E-state index contributed by atoms with van der Waals surface area (Å²) in [5.41, 5.74) is 1.59. The molecular weight excluding hydrogens is 346 g/mol. The van der Waals surface area contributed by atoms with Crippen molar-refractivity contribution in [3.63, 3.8) is 0 Å². The van der Waals surface area contributed by atoms with Crippen molar-refractivity contribution in [2.24, 2.45) is 12.1 Å². The summed E-state index contributed by atoms with van der Waals surface area (Å²) < 4.78 is 1.32. The summed E-state index contributed by atoms with van der Waals surface area (Å²) in [5.74, 6) is -0.832. The summed E-state index contributed by atoms with van der Waals surface area (Å²) in [6.45, 7) is 6.87. The lowest BCUT2D eigenvalue weighted by molar-refractivity contribution is -0.116. The Morgan fingerprint density at radius 1 is 1.26 bits per heavy atom. The van der Waals surface area contributed by atoms with Gasteiger partial charge in [0, 0.05) is 18.3 Å². The Labute approximate surface area is 155 Å². The predicted octanol–water partition coefficient (Wildman–Crippen LogP) is 1.46. The minimum Gasteiger partial charge on any atom is -0.305 e. The molecule has 8 nitrogen and oxygen atoms in total. The Balaban J connectivity index is 2.10. The maximum atomic E-state index is 13.0. The van der Waals surface area contributed by atoms with Crippen LogP contribution < -0.4 is 15.9 Å². The van der Waals surface area contributed by atoms with Gasteiger partial charge in [-0.15, -0.1) is 5.10 Å². The number of carbonyl (C=O) groups excluding carboxylic acids is 2. The molecule has 1 aromatic carbocycles. The van der Waals surface area contributed by atoms with Crippen LogP contribution in [-0.4, -0.2) is 27.4 Å². The van der Waals surface area contributed by atoms with Crippen molar-refractivity contribution in [1.29, 1.82) is 0 Å². The molecule has 0 radical (unpaired) electrons. The van der Waals surface area contributed by atoms with Gasteiger partial charge in [0.1, 0.15) is 0 Å². The maximum absolute atomic E-state index is 13.0. The number of nitrogens with one attached hydrogen (secondary N) is 2. The number of benzene rings is 1. The van der Waals surface area contributed by atoms with Gasteiger partial charge in [0.15, 0.2) is 5.84 Å². The number of H-pyrrole nitrogens is 1. The molecule has 0 bridgehead atoms. The molecule has 2 heterocycles. The smallest absolute Gasteiger partial charge is 0.282 e. The van der Waals surface area contributed by atoms with Crippen LogP contribution in [0.5, 0.6) is 0 Å². The molecule has 0 saturated carbocycles. The molecule has 1 aromatic heterocycles. The first-order valence-electron chi connectivity index (χ1n) is 8.22. The molecule has 2 aromatic rings. The topological polar surface area (TPSA) is 99.6 Å². The van der Waals surface area contributed by atoms with Crippen LogP contribution in [0.15, 0.2) is 58.0 Å². The summed E-state index contributed by atoms with van der Waals surface area (Å²) in [6.07, 6.45) is 1.44. The number of aryl methyl sites for hydroxylation is 2. The number of amidine groups is 1. The van der Waals surface area contributed by atoms with Crippen molar-refractivity contribution < 1.29 is 9.59 Å². The van der Waals surface area contributed by atoms with Crippen molar-refractivity contribution in [2.75, 3.05) is 5.01 Å². The van der Waals surface area contributed by atoms with Gasteiger partial charge in [0.05, 0.1) is 16.8 Å². The largest absolute Gasteiger partial charge is 0.305 e. The van der Waals surface area contributed by atoms with Gasteiger partial charge in [-0.1, -0.05) is 24.8 Å². The van der Waals surface area contributed by atoms with E-state index in [4.69, 9.17) is 0 Å². The van der Waals surface area contributed by atoms with Crippen molar-refractivity contribution in [2.45, 2.75) is 13.8 Å². The molecule has 2 amide bonds. The molecule has 1 aliphatic rings. The number of para-hydroxylation sites is 1. The molecule has 138 valence electrons. The van der Waals surface area contributed by atoms with Gasteiger partial charge in [0.25, 0.3) is 17.4 Å². The number of amides is 2. The third kappa shape index (κ3) is 3.37. The minimum atomic E-state index is -0.457. The maximum Gasteiger partial charge on any atom is 0.282 e. The molecule has 0 aliphatic carbocycles. The van der Waals surface area contributed by atoms with Crippen LogP contribution >= 0.6 is 0 Å². The zero-order valence-corrected chi connectivity index (χ0v) is 15.2. The summed E-state index contributed by atoms with van der Waals surface area (Å²) in [6, 6.07) is 8.82. The summed E-state index contributed by atoms with van der Waals surface area (Å²) in [7, 11) is 1.59. The second-order valence-electron chi connectivity index (χ2n) is 6.21. The van der Waals surface area contributed by atoms with Crippen molar-refractivity contribution in [3.8, 4) is 0 Å². The highest BCUT2D eigenvalue weighted by molar-refractivity contribution is 6.34. The van der Waals surface area contributed by atoms with Gasteiger partial charge in [-0.3, -0.25) is 24.2 Å². The Bertz CT molecular complexity index is 1060. The van der Waals surface area contributed by atoms with Crippen molar-refractivity contribution >= 4 is 29.4 Å². The molecule has 0 fully saturated rings. The fourth-order valence-corrected chi connectivity index (χ4v) is 2.61. The molecular formula is C19H19N5O3. The third-order valence-electron chi connectivity index (χ3n) is 4.06. The molecule has 2 N–H and O–H groups in total. The van der Waals surface area contributed by atoms with E-state index in [0.29, 0.717) is 16.9 Å². The number of hydrazone groups is 1. The molecule has 27 heavy (non-hydrogen) atoms. The van der Waals surface area contributed by atoms with E-state index in [0.717, 1.165) is 0 Å². The highest BCUT2D eigenvalue weighted by Gasteiger charge is 2.33. The zero-order valence-electron chi connectivity index (χ0n) is 15.2. The van der Waals surface area contributed by atoms with Crippen LogP contribution in [0.4, 0.5) is 5.69 Å². The molecule has 0 spiro atoms. The first-order valence-corrected chi connectivity index (χ1v) is 8.22. The molecule has 0 unspecified atom stereocenters. The number of nitrogens with zero attached hydrogens (tertiary/aromatic N) is 3. The van der Waals surface area contributed by atoms with Crippen molar-refractivity contribution in [1.82, 2.24) is 15.1 Å². The second kappa shape index (κ2) is 6.91. The summed E-state index contributed by atoms with van der Waals surface area (Å²) in [5, 5.41) is 10.9. The second-order valence-corrected chi connectivity index (χ2v) is 6.21. The third-order valence-corrected chi connectivity index (χ3v) is 4.06. The van der Waals surface area contributed by atoms with Crippen LogP contribution in [0.25, 0.3) is 6.08 Å². The monoisotopic (exact) mass is 365 g/mol. The van der Waals surface area contributed by atoms with Gasteiger partial charge in [-0.25, -0.2) is 0 Å². The lowest BCUT2D eigenvalue weighted by Crippen LogP contribution is -2.32. The Morgan fingerprint density at radius 3 is 2.48 bits per heavy atom. The Hall–Kier alpha value is -3.68. The van der Waals surface area contributed by atoms with E-state index >= 15 is 0 Å². The fourth-order valence-electron chi connectivity index (χ4n) is 2.61. The molecule has 3 rings (SSSR count). The van der Waals surface area contributed by atoms with Gasteiger partial charge in [-0.05, 0) is 32.1 Å². The van der Waals surface area contributed by atoms with E-state index in [1.54, 1.807) is 45.2 Å². The number of aromatic amines is 1. The average Bonchev–Trinajstić information content (AvgIpc) is 3.07. The number of carbonyl (C=O) groups is 2. The Kier molecular flexibility index (Phi) is 4.64. The fraction of sp³-hybridized carbons (Fsp3) is 0.158. The quantitative estimate of drug-likeness (QED) is 0.806. The molecule has 8 heteroatoms. The minimum absolute atomic E-state index is 0.0690. The summed E-state index contributed by atoms with van der Waals surface area (Å²) in [4.78, 5) is 37.3. The molecule has 1 aliphatic heterocycles. The lowest BCUT2D eigenvalue weighted by Gasteiger charge is -2.10. The van der Waals surface area contributed by atoms with Gasteiger partial charge in [-0.2, -0.15) is 5.01 Å². The van der Waals surface area contributed by atoms with Crippen LogP contribution in [0.3, 0.4) is 0 Å². The standard InChI is InChI=1S/C19H19N5O3/c1-11(2)17(25)20-16-15(10-14-12(3)21-23(4)18(14)26)19(27)24(22-16)13-8-6-5-7-9-13/h5-10,21H,1H2,2-4H3,(H,20,22,25). The van der Waals surface area contributed by atoms with E-state index in [-0.39, 0.29) is 22.5 Å². The number of aromatic nitrogens is 2. The number of anilines is 1. The van der Waals surface area contributed by atoms with E-state index in [1.807, 2.05) is 6.07 Å². The number of hydrogen-bond donors (Lipinski definition) is 2. The molecule has 0 saturated heterocycles. The zero-order chi connectivity index (χ0) is 19.7. The van der Waals surface area contributed by atoms with E-state index in [1.165, 1.54) is 15.8 Å². The van der Waals surface area contributed by atoms with E-state index in [9.17, 15) is 14.4 Å². The first kappa shape index (κ1) is 18.1. The summed E-state index contributed by atoms with van der Waals surface area (Å²) >= 11 is 0. The SMILES string of the molecule is C=C(C)C(=O)NC1=NN(c2ccccc2)C(=O)C1=Cc1c(C)[nH]n(C)c1=O. The number of rotatable bonds is 3. The average molecular weight is 365 g/mol. The van der Waals surface area contributed by atoms with Crippen LogP contribution in [-0.2, 0) is 16.6 Å². The predicted molar refractivity (Wildman–Crippen MR) is 103 cm³/mol. The van der Waals surface area contributed by atoms with Gasteiger partial charge in [0.2, 0.25) is 0 Å². The van der Waals surface area contributed by atoms with E-state index < -0.39 is 11.8 Å². The van der Waals surface area contributed by atoms with Crippen molar-refractivity contribution in [3.05, 3.63) is 69.7 Å². The van der Waals surface area contributed by atoms with E-state index in [2.05, 4.69) is 22.1 Å². The normalized spacial score (nSPS) is 15.2. The Morgan fingerprint density at radius 2 is 1.93 bits per heavy atom. The van der Waals surface area contributed by atoms with Crippen LogP contribution in [0, 0.1) is 6.92 Å².